The van der Waals surface area contributed by atoms with E-state index in [-0.39, 0.29) is 6.10 Å². The first-order chi connectivity index (χ1) is 8.77. The molecule has 3 atom stereocenters. The van der Waals surface area contributed by atoms with Crippen LogP contribution in [-0.4, -0.2) is 60.8 Å². The molecule has 3 unspecified atom stereocenters. The van der Waals surface area contributed by atoms with Crippen LogP contribution in [0.3, 0.4) is 0 Å². The Morgan fingerprint density at radius 2 is 1.84 bits per heavy atom. The first-order valence-electron chi connectivity index (χ1n) is 7.84. The van der Waals surface area contributed by atoms with E-state index >= 15 is 0 Å². The minimum atomic E-state index is -0.0879. The summed E-state index contributed by atoms with van der Waals surface area (Å²) in [5.74, 6) is 1.54. The number of likely N-dealkylation sites (tertiary alicyclic amines) is 1. The van der Waals surface area contributed by atoms with Crippen molar-refractivity contribution in [2.75, 3.05) is 33.7 Å². The monoisotopic (exact) mass is 268 g/mol. The summed E-state index contributed by atoms with van der Waals surface area (Å²) < 4.78 is 0. The van der Waals surface area contributed by atoms with Crippen molar-refractivity contribution in [3.8, 4) is 0 Å². The average molecular weight is 268 g/mol. The van der Waals surface area contributed by atoms with Crippen molar-refractivity contribution in [3.63, 3.8) is 0 Å². The molecule has 0 aromatic carbocycles. The standard InChI is InChI=1S/C16H32N2O/c1-16(2,3)14-7-6-13(19)8-15(14)18(5)11-12-9-17(4)10-12/h12-15,19H,6-11H2,1-5H3. The van der Waals surface area contributed by atoms with E-state index in [1.54, 1.807) is 0 Å². The number of rotatable bonds is 3. The van der Waals surface area contributed by atoms with Gasteiger partial charge in [-0.1, -0.05) is 20.8 Å². The van der Waals surface area contributed by atoms with Crippen molar-refractivity contribution in [2.45, 2.75) is 52.2 Å². The summed E-state index contributed by atoms with van der Waals surface area (Å²) in [7, 11) is 4.46. The van der Waals surface area contributed by atoms with Crippen LogP contribution in [0.2, 0.25) is 0 Å². The smallest absolute Gasteiger partial charge is 0.0555 e. The molecule has 19 heavy (non-hydrogen) atoms. The molecule has 112 valence electrons. The third kappa shape index (κ3) is 3.71. The van der Waals surface area contributed by atoms with Gasteiger partial charge in [-0.05, 0) is 50.6 Å². The van der Waals surface area contributed by atoms with Crippen molar-refractivity contribution in [3.05, 3.63) is 0 Å². The second-order valence-electron chi connectivity index (χ2n) is 8.03. The highest BCUT2D eigenvalue weighted by molar-refractivity contribution is 4.93. The fourth-order valence-electron chi connectivity index (χ4n) is 4.11. The van der Waals surface area contributed by atoms with Gasteiger partial charge in [-0.2, -0.15) is 0 Å². The van der Waals surface area contributed by atoms with Gasteiger partial charge in [0, 0.05) is 25.7 Å². The van der Waals surface area contributed by atoms with Crippen LogP contribution < -0.4 is 0 Å². The molecule has 1 saturated carbocycles. The van der Waals surface area contributed by atoms with E-state index in [0.717, 1.165) is 18.8 Å². The molecule has 1 aliphatic heterocycles. The van der Waals surface area contributed by atoms with E-state index < -0.39 is 0 Å². The first kappa shape index (κ1) is 15.3. The first-order valence-corrected chi connectivity index (χ1v) is 7.84. The molecule has 2 aliphatic rings. The topological polar surface area (TPSA) is 26.7 Å². The van der Waals surface area contributed by atoms with E-state index in [4.69, 9.17) is 0 Å². The highest BCUT2D eigenvalue weighted by atomic mass is 16.3. The predicted molar refractivity (Wildman–Crippen MR) is 80.2 cm³/mol. The van der Waals surface area contributed by atoms with Gasteiger partial charge in [-0.15, -0.1) is 0 Å². The molecule has 2 fully saturated rings. The van der Waals surface area contributed by atoms with Gasteiger partial charge in [-0.3, -0.25) is 0 Å². The Hall–Kier alpha value is -0.120. The lowest BCUT2D eigenvalue weighted by atomic mass is 9.68. The third-order valence-corrected chi connectivity index (χ3v) is 5.15. The van der Waals surface area contributed by atoms with Crippen LogP contribution in [0.1, 0.15) is 40.0 Å². The van der Waals surface area contributed by atoms with Crippen molar-refractivity contribution >= 4 is 0 Å². The summed E-state index contributed by atoms with van der Waals surface area (Å²) in [6, 6.07) is 0.551. The largest absolute Gasteiger partial charge is 0.393 e. The molecule has 1 saturated heterocycles. The van der Waals surface area contributed by atoms with Gasteiger partial charge < -0.3 is 14.9 Å². The van der Waals surface area contributed by atoms with E-state index in [0.29, 0.717) is 17.4 Å². The maximum absolute atomic E-state index is 10.0. The molecule has 0 amide bonds. The Kier molecular flexibility index (Phi) is 4.59. The highest BCUT2D eigenvalue weighted by Crippen LogP contribution is 2.40. The number of nitrogens with zero attached hydrogens (tertiary/aromatic N) is 2. The number of hydrogen-bond acceptors (Lipinski definition) is 3. The van der Waals surface area contributed by atoms with Gasteiger partial charge in [0.25, 0.3) is 0 Å². The second-order valence-corrected chi connectivity index (χ2v) is 8.03. The molecule has 3 nitrogen and oxygen atoms in total. The van der Waals surface area contributed by atoms with Crippen LogP contribution in [0.15, 0.2) is 0 Å². The van der Waals surface area contributed by atoms with Crippen molar-refractivity contribution < 1.29 is 5.11 Å². The summed E-state index contributed by atoms with van der Waals surface area (Å²) in [6.07, 6.45) is 3.03. The van der Waals surface area contributed by atoms with Crippen molar-refractivity contribution in [1.82, 2.24) is 9.80 Å². The Labute approximate surface area is 119 Å². The molecule has 0 bridgehead atoms. The average Bonchev–Trinajstić information content (AvgIpc) is 2.25. The van der Waals surface area contributed by atoms with Gasteiger partial charge in [0.15, 0.2) is 0 Å². The molecule has 0 spiro atoms. The fourth-order valence-corrected chi connectivity index (χ4v) is 4.11. The molecular weight excluding hydrogens is 236 g/mol. The lowest BCUT2D eigenvalue weighted by molar-refractivity contribution is -0.0174. The van der Waals surface area contributed by atoms with Crippen LogP contribution in [0.4, 0.5) is 0 Å². The van der Waals surface area contributed by atoms with E-state index in [2.05, 4.69) is 44.7 Å². The Morgan fingerprint density at radius 1 is 1.21 bits per heavy atom. The molecule has 1 heterocycles. The van der Waals surface area contributed by atoms with Gasteiger partial charge >= 0.3 is 0 Å². The molecule has 0 aromatic heterocycles. The highest BCUT2D eigenvalue weighted by Gasteiger charge is 2.39. The Balaban J connectivity index is 1.96. The SMILES string of the molecule is CN1CC(CN(C)C2CC(O)CCC2C(C)(C)C)C1. The fraction of sp³-hybridized carbons (Fsp3) is 1.00. The molecular formula is C16H32N2O. The number of hydrogen-bond donors (Lipinski definition) is 1. The van der Waals surface area contributed by atoms with Crippen LogP contribution >= 0.6 is 0 Å². The van der Waals surface area contributed by atoms with E-state index in [9.17, 15) is 5.11 Å². The quantitative estimate of drug-likeness (QED) is 0.849. The van der Waals surface area contributed by atoms with E-state index in [1.165, 1.54) is 26.1 Å². The molecule has 1 aliphatic carbocycles. The van der Waals surface area contributed by atoms with Gasteiger partial charge in [-0.25, -0.2) is 0 Å². The maximum atomic E-state index is 10.0. The van der Waals surface area contributed by atoms with Gasteiger partial charge in [0.1, 0.15) is 0 Å². The van der Waals surface area contributed by atoms with Crippen LogP contribution in [0.5, 0.6) is 0 Å². The summed E-state index contributed by atoms with van der Waals surface area (Å²) in [5, 5.41) is 10.0. The lowest BCUT2D eigenvalue weighted by Gasteiger charge is -2.48. The van der Waals surface area contributed by atoms with Crippen LogP contribution in [0, 0.1) is 17.3 Å². The normalized spacial score (nSPS) is 34.6. The van der Waals surface area contributed by atoms with E-state index in [1.807, 2.05) is 0 Å². The number of aliphatic hydroxyl groups excluding tert-OH is 1. The van der Waals surface area contributed by atoms with Gasteiger partial charge in [0.05, 0.1) is 6.10 Å². The minimum absolute atomic E-state index is 0.0879. The van der Waals surface area contributed by atoms with Gasteiger partial charge in [0.2, 0.25) is 0 Å². The zero-order chi connectivity index (χ0) is 14.2. The summed E-state index contributed by atoms with van der Waals surface area (Å²) in [4.78, 5) is 4.92. The van der Waals surface area contributed by atoms with Crippen molar-refractivity contribution in [1.29, 1.82) is 0 Å². The Bertz CT molecular complexity index is 294. The second kappa shape index (κ2) is 5.71. The molecule has 1 N–H and O–H groups in total. The number of aliphatic hydroxyl groups is 1. The summed E-state index contributed by atoms with van der Waals surface area (Å²) in [5.41, 5.74) is 0.343. The molecule has 3 heteroatoms. The summed E-state index contributed by atoms with van der Waals surface area (Å²) in [6.45, 7) is 10.7. The Morgan fingerprint density at radius 3 is 2.37 bits per heavy atom. The predicted octanol–water partition coefficient (Wildman–Crippen LogP) is 2.06. The maximum Gasteiger partial charge on any atom is 0.0555 e. The van der Waals surface area contributed by atoms with Crippen LogP contribution in [0.25, 0.3) is 0 Å². The molecule has 0 radical (unpaired) electrons. The molecule has 2 rings (SSSR count). The molecule has 0 aromatic rings. The zero-order valence-electron chi connectivity index (χ0n) is 13.4. The zero-order valence-corrected chi connectivity index (χ0v) is 13.4. The van der Waals surface area contributed by atoms with Crippen LogP contribution in [-0.2, 0) is 0 Å². The minimum Gasteiger partial charge on any atom is -0.393 e. The lowest BCUT2D eigenvalue weighted by Crippen LogP contribution is -2.54. The van der Waals surface area contributed by atoms with Crippen molar-refractivity contribution in [2.24, 2.45) is 17.3 Å². The third-order valence-electron chi connectivity index (χ3n) is 5.15. The summed E-state index contributed by atoms with van der Waals surface area (Å²) >= 11 is 0.